The molecule has 0 saturated carbocycles. The molecule has 0 aliphatic rings. The lowest BCUT2D eigenvalue weighted by molar-refractivity contribution is 0.481. The standard InChI is InChI=1S/C15H21N3/c1-5-18-10-13(17-14(18)15(3,4)16)12-8-6-11(2)7-9-12/h6-10H,5,16H2,1-4H3. The van der Waals surface area contributed by atoms with E-state index >= 15 is 0 Å². The summed E-state index contributed by atoms with van der Waals surface area (Å²) < 4.78 is 2.12. The summed E-state index contributed by atoms with van der Waals surface area (Å²) in [4.78, 5) is 4.69. The Morgan fingerprint density at radius 3 is 2.28 bits per heavy atom. The predicted octanol–water partition coefficient (Wildman–Crippen LogP) is 3.07. The van der Waals surface area contributed by atoms with E-state index in [2.05, 4.69) is 48.9 Å². The van der Waals surface area contributed by atoms with E-state index in [-0.39, 0.29) is 0 Å². The number of aromatic nitrogens is 2. The third-order valence-corrected chi connectivity index (χ3v) is 3.04. The molecule has 0 radical (unpaired) electrons. The van der Waals surface area contributed by atoms with Gasteiger partial charge in [0.2, 0.25) is 0 Å². The Balaban J connectivity index is 2.47. The average molecular weight is 243 g/mol. The fraction of sp³-hybridized carbons (Fsp3) is 0.400. The second kappa shape index (κ2) is 4.58. The van der Waals surface area contributed by atoms with Crippen LogP contribution < -0.4 is 5.73 Å². The molecule has 3 heteroatoms. The molecule has 2 N–H and O–H groups in total. The zero-order valence-electron chi connectivity index (χ0n) is 11.6. The molecular formula is C15H21N3. The van der Waals surface area contributed by atoms with Crippen LogP contribution in [-0.2, 0) is 12.1 Å². The lowest BCUT2D eigenvalue weighted by atomic mass is 10.1. The summed E-state index contributed by atoms with van der Waals surface area (Å²) >= 11 is 0. The number of hydrogen-bond donors (Lipinski definition) is 1. The Morgan fingerprint density at radius 1 is 1.22 bits per heavy atom. The minimum atomic E-state index is -0.418. The number of aryl methyl sites for hydroxylation is 2. The largest absolute Gasteiger partial charge is 0.333 e. The predicted molar refractivity (Wildman–Crippen MR) is 75.3 cm³/mol. The fourth-order valence-corrected chi connectivity index (χ4v) is 2.03. The summed E-state index contributed by atoms with van der Waals surface area (Å²) in [6, 6.07) is 8.41. The van der Waals surface area contributed by atoms with Crippen molar-refractivity contribution in [2.45, 2.75) is 39.8 Å². The van der Waals surface area contributed by atoms with Crippen molar-refractivity contribution in [3.63, 3.8) is 0 Å². The van der Waals surface area contributed by atoms with Crippen molar-refractivity contribution in [2.75, 3.05) is 0 Å². The highest BCUT2D eigenvalue weighted by molar-refractivity contribution is 5.59. The molecule has 3 nitrogen and oxygen atoms in total. The van der Waals surface area contributed by atoms with Gasteiger partial charge in [0.1, 0.15) is 5.82 Å². The smallest absolute Gasteiger partial charge is 0.129 e. The van der Waals surface area contributed by atoms with Crippen molar-refractivity contribution in [2.24, 2.45) is 5.73 Å². The van der Waals surface area contributed by atoms with Gasteiger partial charge in [0.15, 0.2) is 0 Å². The maximum atomic E-state index is 6.17. The minimum Gasteiger partial charge on any atom is -0.333 e. The van der Waals surface area contributed by atoms with E-state index in [4.69, 9.17) is 10.7 Å². The van der Waals surface area contributed by atoms with Crippen molar-refractivity contribution < 1.29 is 0 Å². The van der Waals surface area contributed by atoms with Crippen LogP contribution in [0.2, 0.25) is 0 Å². The molecule has 0 fully saturated rings. The van der Waals surface area contributed by atoms with Gasteiger partial charge in [-0.25, -0.2) is 4.98 Å². The normalized spacial score (nSPS) is 11.8. The summed E-state index contributed by atoms with van der Waals surface area (Å²) in [6.07, 6.45) is 2.08. The van der Waals surface area contributed by atoms with Crippen molar-refractivity contribution in [1.82, 2.24) is 9.55 Å². The van der Waals surface area contributed by atoms with Crippen LogP contribution in [0.1, 0.15) is 32.2 Å². The molecule has 96 valence electrons. The zero-order chi connectivity index (χ0) is 13.3. The molecule has 0 bridgehead atoms. The van der Waals surface area contributed by atoms with Crippen molar-refractivity contribution >= 4 is 0 Å². The Morgan fingerprint density at radius 2 is 1.83 bits per heavy atom. The van der Waals surface area contributed by atoms with Crippen LogP contribution in [0, 0.1) is 6.92 Å². The lowest BCUT2D eigenvalue weighted by Gasteiger charge is -2.18. The molecule has 1 aromatic heterocycles. The van der Waals surface area contributed by atoms with E-state index in [1.807, 2.05) is 13.8 Å². The molecule has 2 aromatic rings. The number of nitrogens with zero attached hydrogens (tertiary/aromatic N) is 2. The van der Waals surface area contributed by atoms with Gasteiger partial charge in [-0.15, -0.1) is 0 Å². The van der Waals surface area contributed by atoms with Gasteiger partial charge >= 0.3 is 0 Å². The maximum Gasteiger partial charge on any atom is 0.129 e. The average Bonchev–Trinajstić information content (AvgIpc) is 2.73. The monoisotopic (exact) mass is 243 g/mol. The molecule has 0 spiro atoms. The van der Waals surface area contributed by atoms with Crippen LogP contribution >= 0.6 is 0 Å². The van der Waals surface area contributed by atoms with Crippen LogP contribution in [0.25, 0.3) is 11.3 Å². The molecule has 0 atom stereocenters. The van der Waals surface area contributed by atoms with Crippen molar-refractivity contribution in [3.8, 4) is 11.3 Å². The van der Waals surface area contributed by atoms with Gasteiger partial charge in [0.05, 0.1) is 11.2 Å². The minimum absolute atomic E-state index is 0.418. The SMILES string of the molecule is CCn1cc(-c2ccc(C)cc2)nc1C(C)(C)N. The van der Waals surface area contributed by atoms with E-state index in [0.717, 1.165) is 23.6 Å². The molecule has 0 aliphatic carbocycles. The Hall–Kier alpha value is -1.61. The van der Waals surface area contributed by atoms with Crippen LogP contribution in [0.15, 0.2) is 30.5 Å². The second-order valence-electron chi connectivity index (χ2n) is 5.32. The van der Waals surface area contributed by atoms with Crippen molar-refractivity contribution in [3.05, 3.63) is 41.9 Å². The van der Waals surface area contributed by atoms with Crippen LogP contribution in [0.4, 0.5) is 0 Å². The number of imidazole rings is 1. The van der Waals surface area contributed by atoms with E-state index in [1.165, 1.54) is 5.56 Å². The summed E-state index contributed by atoms with van der Waals surface area (Å²) in [5, 5.41) is 0. The first-order valence-electron chi connectivity index (χ1n) is 6.35. The molecule has 0 amide bonds. The number of rotatable bonds is 3. The number of hydrogen-bond acceptors (Lipinski definition) is 2. The highest BCUT2D eigenvalue weighted by Gasteiger charge is 2.21. The quantitative estimate of drug-likeness (QED) is 0.900. The molecule has 0 aliphatic heterocycles. The van der Waals surface area contributed by atoms with Gasteiger partial charge in [0, 0.05) is 18.3 Å². The Bertz CT molecular complexity index is 530. The summed E-state index contributed by atoms with van der Waals surface area (Å²) in [6.45, 7) is 9.05. The van der Waals surface area contributed by atoms with E-state index in [0.29, 0.717) is 0 Å². The fourth-order valence-electron chi connectivity index (χ4n) is 2.03. The number of nitrogens with two attached hydrogens (primary N) is 1. The molecular weight excluding hydrogens is 222 g/mol. The van der Waals surface area contributed by atoms with Gasteiger partial charge in [-0.2, -0.15) is 0 Å². The first-order chi connectivity index (χ1) is 8.41. The van der Waals surface area contributed by atoms with E-state index in [1.54, 1.807) is 0 Å². The van der Waals surface area contributed by atoms with Crippen LogP contribution in [0.5, 0.6) is 0 Å². The van der Waals surface area contributed by atoms with Crippen LogP contribution in [-0.4, -0.2) is 9.55 Å². The molecule has 2 rings (SSSR count). The maximum absolute atomic E-state index is 6.17. The molecule has 18 heavy (non-hydrogen) atoms. The van der Waals surface area contributed by atoms with Gasteiger partial charge in [-0.1, -0.05) is 29.8 Å². The molecule has 0 saturated heterocycles. The molecule has 1 aromatic carbocycles. The summed E-state index contributed by atoms with van der Waals surface area (Å²) in [7, 11) is 0. The molecule has 1 heterocycles. The Labute approximate surface area is 109 Å². The Kier molecular flexibility index (Phi) is 3.26. The topological polar surface area (TPSA) is 43.8 Å². The lowest BCUT2D eigenvalue weighted by Crippen LogP contribution is -2.32. The third-order valence-electron chi connectivity index (χ3n) is 3.04. The highest BCUT2D eigenvalue weighted by atomic mass is 15.1. The van der Waals surface area contributed by atoms with Crippen molar-refractivity contribution in [1.29, 1.82) is 0 Å². The third kappa shape index (κ3) is 2.46. The summed E-state index contributed by atoms with van der Waals surface area (Å²) in [5.74, 6) is 0.931. The van der Waals surface area contributed by atoms with E-state index in [9.17, 15) is 0 Å². The first-order valence-corrected chi connectivity index (χ1v) is 6.35. The van der Waals surface area contributed by atoms with Crippen LogP contribution in [0.3, 0.4) is 0 Å². The highest BCUT2D eigenvalue weighted by Crippen LogP contribution is 2.23. The second-order valence-corrected chi connectivity index (χ2v) is 5.32. The van der Waals surface area contributed by atoms with Gasteiger partial charge in [0.25, 0.3) is 0 Å². The number of benzene rings is 1. The summed E-state index contributed by atoms with van der Waals surface area (Å²) in [5.41, 5.74) is 9.13. The zero-order valence-corrected chi connectivity index (χ0v) is 11.6. The molecule has 0 unspecified atom stereocenters. The first kappa shape index (κ1) is 12.8. The van der Waals surface area contributed by atoms with Gasteiger partial charge in [-0.3, -0.25) is 0 Å². The van der Waals surface area contributed by atoms with E-state index < -0.39 is 5.54 Å². The van der Waals surface area contributed by atoms with Gasteiger partial charge < -0.3 is 10.3 Å². The van der Waals surface area contributed by atoms with Gasteiger partial charge in [-0.05, 0) is 27.7 Å².